The largest absolute Gasteiger partial charge is 0.504 e. The summed E-state index contributed by atoms with van der Waals surface area (Å²) >= 11 is 0. The zero-order chi connectivity index (χ0) is 15.8. The molecular weight excluding hydrogens is 293 g/mol. The zero-order valence-corrected chi connectivity index (χ0v) is 10.1. The number of carboxylic acid groups (broad SMARTS) is 1. The molecule has 0 unspecified atom stereocenters. The third-order valence-electron chi connectivity index (χ3n) is 2.52. The summed E-state index contributed by atoms with van der Waals surface area (Å²) in [6.45, 7) is 0. The number of alkyl halides is 3. The third kappa shape index (κ3) is 2.86. The number of aromatic nitrogens is 2. The molecular formula is C12H7F3N2O4. The molecule has 9 heteroatoms. The van der Waals surface area contributed by atoms with Gasteiger partial charge in [0.2, 0.25) is 0 Å². The SMILES string of the molecule is O=C(O)c1cnc(-c2ccc(O)c(O)c2)nc1C(F)(F)F. The van der Waals surface area contributed by atoms with Crippen LogP contribution in [-0.2, 0) is 6.18 Å². The lowest BCUT2D eigenvalue weighted by Crippen LogP contribution is -2.16. The average Bonchev–Trinajstić information content (AvgIpc) is 2.40. The van der Waals surface area contributed by atoms with Crippen molar-refractivity contribution < 1.29 is 33.3 Å². The molecule has 0 fully saturated rings. The number of hydrogen-bond donors (Lipinski definition) is 3. The maximum atomic E-state index is 12.8. The first-order valence-corrected chi connectivity index (χ1v) is 5.40. The number of carbonyl (C=O) groups is 1. The van der Waals surface area contributed by atoms with Crippen LogP contribution in [-0.4, -0.2) is 31.3 Å². The predicted octanol–water partition coefficient (Wildman–Crippen LogP) is 2.27. The van der Waals surface area contributed by atoms with Crippen LogP contribution in [0.4, 0.5) is 13.2 Å². The molecule has 0 radical (unpaired) electrons. The summed E-state index contributed by atoms with van der Waals surface area (Å²) < 4.78 is 38.4. The number of benzene rings is 1. The molecule has 0 saturated carbocycles. The molecule has 1 aromatic heterocycles. The number of phenols is 2. The Morgan fingerprint density at radius 2 is 1.81 bits per heavy atom. The minimum Gasteiger partial charge on any atom is -0.504 e. The Morgan fingerprint density at radius 1 is 1.14 bits per heavy atom. The summed E-state index contributed by atoms with van der Waals surface area (Å²) in [5, 5.41) is 27.2. The van der Waals surface area contributed by atoms with E-state index < -0.39 is 40.7 Å². The van der Waals surface area contributed by atoms with Crippen LogP contribution in [0.5, 0.6) is 11.5 Å². The van der Waals surface area contributed by atoms with Crippen molar-refractivity contribution in [2.24, 2.45) is 0 Å². The van der Waals surface area contributed by atoms with Crippen molar-refractivity contribution in [3.63, 3.8) is 0 Å². The quantitative estimate of drug-likeness (QED) is 0.735. The van der Waals surface area contributed by atoms with E-state index in [1.807, 2.05) is 0 Å². The Balaban J connectivity index is 2.61. The van der Waals surface area contributed by atoms with Gasteiger partial charge in [-0.05, 0) is 18.2 Å². The van der Waals surface area contributed by atoms with Crippen molar-refractivity contribution in [1.29, 1.82) is 0 Å². The van der Waals surface area contributed by atoms with Crippen LogP contribution >= 0.6 is 0 Å². The summed E-state index contributed by atoms with van der Waals surface area (Å²) in [5.74, 6) is -3.26. The van der Waals surface area contributed by atoms with E-state index in [-0.39, 0.29) is 5.56 Å². The topological polar surface area (TPSA) is 104 Å². The Kier molecular flexibility index (Phi) is 3.42. The molecule has 0 atom stereocenters. The van der Waals surface area contributed by atoms with Gasteiger partial charge in [0, 0.05) is 11.8 Å². The maximum absolute atomic E-state index is 12.8. The third-order valence-corrected chi connectivity index (χ3v) is 2.52. The molecule has 0 bridgehead atoms. The minimum absolute atomic E-state index is 0.00672. The van der Waals surface area contributed by atoms with Crippen molar-refractivity contribution in [2.75, 3.05) is 0 Å². The highest BCUT2D eigenvalue weighted by molar-refractivity contribution is 5.89. The number of carboxylic acids is 1. The summed E-state index contributed by atoms with van der Waals surface area (Å²) in [4.78, 5) is 17.5. The number of aromatic hydroxyl groups is 2. The van der Waals surface area contributed by atoms with E-state index in [1.165, 1.54) is 6.07 Å². The second kappa shape index (κ2) is 4.93. The van der Waals surface area contributed by atoms with Crippen LogP contribution in [0, 0.1) is 0 Å². The van der Waals surface area contributed by atoms with Gasteiger partial charge < -0.3 is 15.3 Å². The highest BCUT2D eigenvalue weighted by atomic mass is 19.4. The second-order valence-electron chi connectivity index (χ2n) is 3.96. The van der Waals surface area contributed by atoms with E-state index in [2.05, 4.69) is 9.97 Å². The molecule has 0 aliphatic carbocycles. The van der Waals surface area contributed by atoms with Gasteiger partial charge in [0.05, 0.1) is 0 Å². The minimum atomic E-state index is -4.97. The lowest BCUT2D eigenvalue weighted by molar-refractivity contribution is -0.141. The fourth-order valence-corrected chi connectivity index (χ4v) is 1.56. The van der Waals surface area contributed by atoms with Crippen molar-refractivity contribution in [2.45, 2.75) is 6.18 Å². The molecule has 0 amide bonds. The van der Waals surface area contributed by atoms with Gasteiger partial charge in [-0.2, -0.15) is 13.2 Å². The van der Waals surface area contributed by atoms with Gasteiger partial charge in [0.15, 0.2) is 23.0 Å². The second-order valence-corrected chi connectivity index (χ2v) is 3.96. The van der Waals surface area contributed by atoms with E-state index in [0.29, 0.717) is 6.20 Å². The number of halogens is 3. The van der Waals surface area contributed by atoms with E-state index in [9.17, 15) is 23.1 Å². The Labute approximate surface area is 115 Å². The first kappa shape index (κ1) is 14.6. The monoisotopic (exact) mass is 300 g/mol. The van der Waals surface area contributed by atoms with Gasteiger partial charge in [-0.15, -0.1) is 0 Å². The summed E-state index contributed by atoms with van der Waals surface area (Å²) in [7, 11) is 0. The molecule has 6 nitrogen and oxygen atoms in total. The number of aromatic carboxylic acids is 1. The smallest absolute Gasteiger partial charge is 0.434 e. The van der Waals surface area contributed by atoms with Crippen LogP contribution < -0.4 is 0 Å². The van der Waals surface area contributed by atoms with Crippen molar-refractivity contribution in [3.8, 4) is 22.9 Å². The predicted molar refractivity (Wildman–Crippen MR) is 62.8 cm³/mol. The molecule has 0 spiro atoms. The molecule has 1 aromatic carbocycles. The Bertz CT molecular complexity index is 716. The van der Waals surface area contributed by atoms with Gasteiger partial charge >= 0.3 is 12.1 Å². The molecule has 3 N–H and O–H groups in total. The van der Waals surface area contributed by atoms with Crippen LogP contribution in [0.2, 0.25) is 0 Å². The van der Waals surface area contributed by atoms with Crippen molar-refractivity contribution in [3.05, 3.63) is 35.7 Å². The van der Waals surface area contributed by atoms with E-state index in [4.69, 9.17) is 10.2 Å². The van der Waals surface area contributed by atoms with Crippen molar-refractivity contribution in [1.82, 2.24) is 9.97 Å². The van der Waals surface area contributed by atoms with Gasteiger partial charge in [-0.3, -0.25) is 0 Å². The van der Waals surface area contributed by atoms with Gasteiger partial charge in [0.25, 0.3) is 0 Å². The van der Waals surface area contributed by atoms with Crippen molar-refractivity contribution >= 4 is 5.97 Å². The number of rotatable bonds is 2. The fraction of sp³-hybridized carbons (Fsp3) is 0.0833. The molecule has 21 heavy (non-hydrogen) atoms. The molecule has 110 valence electrons. The number of nitrogens with zero attached hydrogens (tertiary/aromatic N) is 2. The van der Waals surface area contributed by atoms with Crippen LogP contribution in [0.3, 0.4) is 0 Å². The van der Waals surface area contributed by atoms with E-state index in [1.54, 1.807) is 0 Å². The first-order valence-electron chi connectivity index (χ1n) is 5.40. The highest BCUT2D eigenvalue weighted by Gasteiger charge is 2.38. The first-order chi connectivity index (χ1) is 9.70. The van der Waals surface area contributed by atoms with Gasteiger partial charge in [-0.25, -0.2) is 14.8 Å². The molecule has 0 aliphatic heterocycles. The lowest BCUT2D eigenvalue weighted by atomic mass is 10.1. The molecule has 2 rings (SSSR count). The van der Waals surface area contributed by atoms with E-state index >= 15 is 0 Å². The Hall–Kier alpha value is -2.84. The number of phenolic OH excluding ortho intramolecular Hbond substituents is 2. The standard InChI is InChI=1S/C12H7F3N2O4/c13-12(14,15)9-6(11(20)21)4-16-10(17-9)5-1-2-7(18)8(19)3-5/h1-4,18-19H,(H,20,21). The summed E-state index contributed by atoms with van der Waals surface area (Å²) in [6.07, 6.45) is -4.43. The normalized spacial score (nSPS) is 11.4. The van der Waals surface area contributed by atoms with Crippen LogP contribution in [0.1, 0.15) is 16.1 Å². The highest BCUT2D eigenvalue weighted by Crippen LogP contribution is 2.33. The summed E-state index contributed by atoms with van der Waals surface area (Å²) in [6, 6.07) is 3.20. The van der Waals surface area contributed by atoms with Gasteiger partial charge in [-0.1, -0.05) is 0 Å². The average molecular weight is 300 g/mol. The lowest BCUT2D eigenvalue weighted by Gasteiger charge is -2.10. The number of hydrogen-bond acceptors (Lipinski definition) is 5. The fourth-order valence-electron chi connectivity index (χ4n) is 1.56. The van der Waals surface area contributed by atoms with E-state index in [0.717, 1.165) is 12.1 Å². The molecule has 2 aromatic rings. The Morgan fingerprint density at radius 3 is 2.33 bits per heavy atom. The van der Waals surface area contributed by atoms with Gasteiger partial charge in [0.1, 0.15) is 5.56 Å². The van der Waals surface area contributed by atoms with Crippen LogP contribution in [0.25, 0.3) is 11.4 Å². The molecule has 0 saturated heterocycles. The van der Waals surface area contributed by atoms with Crippen LogP contribution in [0.15, 0.2) is 24.4 Å². The summed E-state index contributed by atoms with van der Waals surface area (Å²) in [5.41, 5.74) is -2.67. The zero-order valence-electron chi connectivity index (χ0n) is 10.1. The maximum Gasteiger partial charge on any atom is 0.434 e. The molecule has 0 aliphatic rings. The molecule has 1 heterocycles.